The first-order chi connectivity index (χ1) is 11.0. The monoisotopic (exact) mass is 389 g/mol. The summed E-state index contributed by atoms with van der Waals surface area (Å²) in [6, 6.07) is 11.7. The smallest absolute Gasteiger partial charge is 0.123 e. The SMILES string of the molecule is CCc1cc(-c2nc(C)c(C)s2)ccn1.Nc1ccc(Br)cc1. The number of rotatable bonds is 2. The van der Waals surface area contributed by atoms with Crippen LogP contribution in [0.5, 0.6) is 0 Å². The number of aromatic nitrogens is 2. The average molecular weight is 390 g/mol. The predicted molar refractivity (Wildman–Crippen MR) is 103 cm³/mol. The van der Waals surface area contributed by atoms with Gasteiger partial charge in [-0.1, -0.05) is 22.9 Å². The quantitative estimate of drug-likeness (QED) is 0.595. The number of nitrogen functional groups attached to an aromatic ring is 1. The molecular weight excluding hydrogens is 370 g/mol. The highest BCUT2D eigenvalue weighted by Crippen LogP contribution is 2.27. The van der Waals surface area contributed by atoms with Crippen LogP contribution in [0.15, 0.2) is 47.1 Å². The van der Waals surface area contributed by atoms with Crippen molar-refractivity contribution >= 4 is 33.0 Å². The molecule has 2 N–H and O–H groups in total. The largest absolute Gasteiger partial charge is 0.399 e. The van der Waals surface area contributed by atoms with Crippen LogP contribution in [0.2, 0.25) is 0 Å². The van der Waals surface area contributed by atoms with E-state index in [0.717, 1.165) is 33.0 Å². The Morgan fingerprint density at radius 1 is 1.13 bits per heavy atom. The maximum atomic E-state index is 5.41. The van der Waals surface area contributed by atoms with Gasteiger partial charge in [0.05, 0.1) is 5.69 Å². The van der Waals surface area contributed by atoms with Crippen LogP contribution in [0.1, 0.15) is 23.2 Å². The zero-order valence-corrected chi connectivity index (χ0v) is 15.9. The standard InChI is InChI=1S/C12H14N2S.C6H6BrN/c1-4-11-7-10(5-6-13-11)12-14-8(2)9(3)15-12;7-5-1-3-6(8)4-2-5/h5-7H,4H2,1-3H3;1-4H,8H2. The van der Waals surface area contributed by atoms with E-state index in [2.05, 4.69) is 52.7 Å². The van der Waals surface area contributed by atoms with Crippen LogP contribution in [-0.4, -0.2) is 9.97 Å². The van der Waals surface area contributed by atoms with Crippen LogP contribution in [0.3, 0.4) is 0 Å². The lowest BCUT2D eigenvalue weighted by Crippen LogP contribution is -1.86. The summed E-state index contributed by atoms with van der Waals surface area (Å²) in [5.41, 5.74) is 9.64. The number of benzene rings is 1. The number of hydrogen-bond acceptors (Lipinski definition) is 4. The van der Waals surface area contributed by atoms with Crippen molar-refractivity contribution in [3.8, 4) is 10.6 Å². The molecule has 0 fully saturated rings. The van der Waals surface area contributed by atoms with Crippen molar-refractivity contribution in [3.05, 3.63) is 63.3 Å². The van der Waals surface area contributed by atoms with Gasteiger partial charge in [-0.15, -0.1) is 11.3 Å². The summed E-state index contributed by atoms with van der Waals surface area (Å²) in [7, 11) is 0. The molecule has 1 aromatic carbocycles. The molecule has 0 aliphatic heterocycles. The van der Waals surface area contributed by atoms with Gasteiger partial charge in [-0.25, -0.2) is 4.98 Å². The van der Waals surface area contributed by atoms with Crippen LogP contribution >= 0.6 is 27.3 Å². The van der Waals surface area contributed by atoms with Crippen molar-refractivity contribution in [2.24, 2.45) is 0 Å². The van der Waals surface area contributed by atoms with Crippen molar-refractivity contribution < 1.29 is 0 Å². The van der Waals surface area contributed by atoms with Gasteiger partial charge < -0.3 is 5.73 Å². The molecule has 0 saturated carbocycles. The Kier molecular flexibility index (Phi) is 6.30. The lowest BCUT2D eigenvalue weighted by atomic mass is 10.2. The Bertz CT molecular complexity index is 726. The molecule has 0 atom stereocenters. The molecule has 0 aliphatic rings. The Labute approximate surface area is 149 Å². The lowest BCUT2D eigenvalue weighted by molar-refractivity contribution is 1.04. The molecule has 3 rings (SSSR count). The van der Waals surface area contributed by atoms with Crippen LogP contribution in [-0.2, 0) is 6.42 Å². The van der Waals surface area contributed by atoms with E-state index < -0.39 is 0 Å². The molecule has 0 spiro atoms. The molecular formula is C18H20BrN3S. The number of hydrogen-bond donors (Lipinski definition) is 1. The highest BCUT2D eigenvalue weighted by atomic mass is 79.9. The number of pyridine rings is 1. The number of anilines is 1. The van der Waals surface area contributed by atoms with Crippen LogP contribution in [0.4, 0.5) is 5.69 Å². The number of nitrogens with zero attached hydrogens (tertiary/aromatic N) is 2. The predicted octanol–water partition coefficient (Wildman–Crippen LogP) is 5.42. The van der Waals surface area contributed by atoms with Gasteiger partial charge in [-0.05, 0) is 56.7 Å². The zero-order chi connectivity index (χ0) is 16.8. The van der Waals surface area contributed by atoms with E-state index in [0.29, 0.717) is 0 Å². The fourth-order valence-electron chi connectivity index (χ4n) is 1.86. The Morgan fingerprint density at radius 2 is 1.83 bits per heavy atom. The number of aryl methyl sites for hydroxylation is 3. The molecule has 0 radical (unpaired) electrons. The first-order valence-electron chi connectivity index (χ1n) is 7.40. The second-order valence-electron chi connectivity index (χ2n) is 5.10. The Balaban J connectivity index is 0.000000203. The molecule has 3 aromatic rings. The molecule has 0 bridgehead atoms. The van der Waals surface area contributed by atoms with E-state index in [9.17, 15) is 0 Å². The summed E-state index contributed by atoms with van der Waals surface area (Å²) in [6.07, 6.45) is 2.83. The van der Waals surface area contributed by atoms with Gasteiger partial charge in [-0.3, -0.25) is 4.98 Å². The van der Waals surface area contributed by atoms with Gasteiger partial charge in [0.2, 0.25) is 0 Å². The van der Waals surface area contributed by atoms with Crippen molar-refractivity contribution in [1.29, 1.82) is 0 Å². The first-order valence-corrected chi connectivity index (χ1v) is 9.01. The molecule has 0 aliphatic carbocycles. The summed E-state index contributed by atoms with van der Waals surface area (Å²) in [5, 5.41) is 1.10. The Hall–Kier alpha value is -1.72. The molecule has 0 unspecified atom stereocenters. The molecule has 2 aromatic heterocycles. The minimum absolute atomic E-state index is 0.799. The number of halogens is 1. The van der Waals surface area contributed by atoms with Crippen molar-refractivity contribution in [2.45, 2.75) is 27.2 Å². The molecule has 5 heteroatoms. The highest BCUT2D eigenvalue weighted by molar-refractivity contribution is 9.10. The van der Waals surface area contributed by atoms with E-state index in [1.54, 1.807) is 11.3 Å². The maximum Gasteiger partial charge on any atom is 0.123 e. The van der Waals surface area contributed by atoms with Gasteiger partial charge in [0.1, 0.15) is 5.01 Å². The minimum atomic E-state index is 0.799. The van der Waals surface area contributed by atoms with E-state index in [4.69, 9.17) is 5.73 Å². The maximum absolute atomic E-state index is 5.41. The lowest BCUT2D eigenvalue weighted by Gasteiger charge is -1.98. The van der Waals surface area contributed by atoms with Gasteiger partial charge in [0.25, 0.3) is 0 Å². The highest BCUT2D eigenvalue weighted by Gasteiger charge is 2.06. The molecule has 3 nitrogen and oxygen atoms in total. The van der Waals surface area contributed by atoms with Crippen molar-refractivity contribution in [1.82, 2.24) is 9.97 Å². The van der Waals surface area contributed by atoms with Crippen LogP contribution in [0.25, 0.3) is 10.6 Å². The van der Waals surface area contributed by atoms with Gasteiger partial charge in [0, 0.05) is 32.5 Å². The van der Waals surface area contributed by atoms with Crippen LogP contribution in [0, 0.1) is 13.8 Å². The summed E-state index contributed by atoms with van der Waals surface area (Å²) in [5.74, 6) is 0. The summed E-state index contributed by atoms with van der Waals surface area (Å²) >= 11 is 5.04. The molecule has 0 amide bonds. The molecule has 23 heavy (non-hydrogen) atoms. The van der Waals surface area contributed by atoms with Crippen LogP contribution < -0.4 is 5.73 Å². The first kappa shape index (κ1) is 17.6. The summed E-state index contributed by atoms with van der Waals surface area (Å²) in [4.78, 5) is 10.1. The topological polar surface area (TPSA) is 51.8 Å². The van der Waals surface area contributed by atoms with Gasteiger partial charge in [-0.2, -0.15) is 0 Å². The normalized spacial score (nSPS) is 10.1. The van der Waals surface area contributed by atoms with E-state index in [-0.39, 0.29) is 0 Å². The van der Waals surface area contributed by atoms with Gasteiger partial charge >= 0.3 is 0 Å². The number of thiazole rings is 1. The van der Waals surface area contributed by atoms with E-state index >= 15 is 0 Å². The number of nitrogens with two attached hydrogens (primary N) is 1. The third-order valence-electron chi connectivity index (χ3n) is 3.32. The third-order valence-corrected chi connectivity index (χ3v) is 4.97. The second-order valence-corrected chi connectivity index (χ2v) is 7.22. The van der Waals surface area contributed by atoms with Crippen molar-refractivity contribution in [3.63, 3.8) is 0 Å². The summed E-state index contributed by atoms with van der Waals surface area (Å²) in [6.45, 7) is 6.28. The second kappa shape index (κ2) is 8.22. The Morgan fingerprint density at radius 3 is 2.35 bits per heavy atom. The average Bonchev–Trinajstić information content (AvgIpc) is 2.90. The third kappa shape index (κ3) is 5.15. The van der Waals surface area contributed by atoms with E-state index in [1.165, 1.54) is 10.4 Å². The molecule has 120 valence electrons. The molecule has 0 saturated heterocycles. The fourth-order valence-corrected chi connectivity index (χ4v) is 3.04. The molecule has 2 heterocycles. The van der Waals surface area contributed by atoms with Crippen molar-refractivity contribution in [2.75, 3.05) is 5.73 Å². The van der Waals surface area contributed by atoms with E-state index in [1.807, 2.05) is 36.5 Å². The summed E-state index contributed by atoms with van der Waals surface area (Å²) < 4.78 is 1.06. The zero-order valence-electron chi connectivity index (χ0n) is 13.5. The minimum Gasteiger partial charge on any atom is -0.399 e. The van der Waals surface area contributed by atoms with Gasteiger partial charge in [0.15, 0.2) is 0 Å². The fraction of sp³-hybridized carbons (Fsp3) is 0.222.